The van der Waals surface area contributed by atoms with Gasteiger partial charge < -0.3 is 20.7 Å². The Morgan fingerprint density at radius 2 is 2.00 bits per heavy atom. The predicted octanol–water partition coefficient (Wildman–Crippen LogP) is -1.55. The topological polar surface area (TPSA) is 75.7 Å². The lowest BCUT2D eigenvalue weighted by Gasteiger charge is -2.10. The third-order valence-electron chi connectivity index (χ3n) is 1.83. The summed E-state index contributed by atoms with van der Waals surface area (Å²) in [5, 5.41) is 18.3. The molecule has 1 heterocycles. The minimum Gasteiger partial charge on any atom is -0.388 e. The van der Waals surface area contributed by atoms with Crippen LogP contribution in [-0.2, 0) is 4.74 Å². The first-order chi connectivity index (χ1) is 4.66. The number of hydrogen-bond acceptors (Lipinski definition) is 4. The van der Waals surface area contributed by atoms with Crippen LogP contribution in [0.5, 0.6) is 0 Å². The van der Waals surface area contributed by atoms with Crippen LogP contribution in [0.4, 0.5) is 0 Å². The first kappa shape index (κ1) is 7.94. The highest BCUT2D eigenvalue weighted by molar-refractivity contribution is 4.88. The fourth-order valence-electron chi connectivity index (χ4n) is 1.13. The zero-order valence-corrected chi connectivity index (χ0v) is 5.90. The molecule has 0 spiro atoms. The number of aliphatic hydroxyl groups is 2. The van der Waals surface area contributed by atoms with E-state index in [2.05, 4.69) is 0 Å². The van der Waals surface area contributed by atoms with Gasteiger partial charge in [-0.1, -0.05) is 0 Å². The van der Waals surface area contributed by atoms with E-state index >= 15 is 0 Å². The average molecular weight is 147 g/mol. The third kappa shape index (κ3) is 1.15. The minimum absolute atomic E-state index is 0.253. The van der Waals surface area contributed by atoms with Crippen molar-refractivity contribution in [1.29, 1.82) is 0 Å². The summed E-state index contributed by atoms with van der Waals surface area (Å²) in [4.78, 5) is 0. The molecule has 4 nitrogen and oxygen atoms in total. The van der Waals surface area contributed by atoms with E-state index in [9.17, 15) is 5.11 Å². The summed E-state index contributed by atoms with van der Waals surface area (Å²) in [6.45, 7) is 1.96. The van der Waals surface area contributed by atoms with E-state index in [1.165, 1.54) is 0 Å². The van der Waals surface area contributed by atoms with Crippen LogP contribution in [0.15, 0.2) is 0 Å². The smallest absolute Gasteiger partial charge is 0.110 e. The van der Waals surface area contributed by atoms with Gasteiger partial charge in [0.2, 0.25) is 0 Å². The van der Waals surface area contributed by atoms with Crippen LogP contribution in [0, 0.1) is 0 Å². The van der Waals surface area contributed by atoms with Crippen LogP contribution in [-0.4, -0.2) is 41.2 Å². The molecule has 0 bridgehead atoms. The van der Waals surface area contributed by atoms with Crippen molar-refractivity contribution in [2.45, 2.75) is 31.3 Å². The van der Waals surface area contributed by atoms with Crippen molar-refractivity contribution in [1.82, 2.24) is 0 Å². The Hall–Kier alpha value is -0.160. The summed E-state index contributed by atoms with van der Waals surface area (Å²) < 4.78 is 5.11. The number of nitrogens with two attached hydrogens (primary N) is 1. The molecular weight excluding hydrogens is 134 g/mol. The Morgan fingerprint density at radius 3 is 2.20 bits per heavy atom. The van der Waals surface area contributed by atoms with Gasteiger partial charge in [0.1, 0.15) is 12.2 Å². The van der Waals surface area contributed by atoms with Gasteiger partial charge in [0, 0.05) is 6.54 Å². The second kappa shape index (κ2) is 2.84. The van der Waals surface area contributed by atoms with E-state index in [0.29, 0.717) is 0 Å². The molecule has 1 aliphatic rings. The standard InChI is InChI=1S/C6H13NO3/c1-3-5(8)6(9)4(2-7)10-3/h3-6,8-9H,2,7H2,1H3/t3-,4+,5+,6?/m0/s1. The molecule has 0 aromatic rings. The summed E-state index contributed by atoms with van der Waals surface area (Å²) in [7, 11) is 0. The van der Waals surface area contributed by atoms with E-state index in [0.717, 1.165) is 0 Å². The highest BCUT2D eigenvalue weighted by Crippen LogP contribution is 2.19. The number of aliphatic hydroxyl groups excluding tert-OH is 2. The highest BCUT2D eigenvalue weighted by atomic mass is 16.5. The van der Waals surface area contributed by atoms with Crippen LogP contribution < -0.4 is 5.73 Å². The molecule has 1 fully saturated rings. The van der Waals surface area contributed by atoms with Crippen LogP contribution in [0.3, 0.4) is 0 Å². The van der Waals surface area contributed by atoms with Crippen LogP contribution in [0.1, 0.15) is 6.92 Å². The van der Waals surface area contributed by atoms with Gasteiger partial charge in [-0.05, 0) is 6.92 Å². The Kier molecular flexibility index (Phi) is 2.25. The van der Waals surface area contributed by atoms with Gasteiger partial charge in [0.25, 0.3) is 0 Å². The second-order valence-corrected chi connectivity index (χ2v) is 2.60. The molecule has 10 heavy (non-hydrogen) atoms. The van der Waals surface area contributed by atoms with Crippen molar-refractivity contribution >= 4 is 0 Å². The Bertz CT molecular complexity index is 120. The number of rotatable bonds is 1. The number of ether oxygens (including phenoxy) is 1. The molecule has 4 atom stereocenters. The molecule has 1 rings (SSSR count). The summed E-state index contributed by atoms with van der Waals surface area (Å²) in [6, 6.07) is 0. The first-order valence-electron chi connectivity index (χ1n) is 3.38. The lowest BCUT2D eigenvalue weighted by Crippen LogP contribution is -2.35. The second-order valence-electron chi connectivity index (χ2n) is 2.60. The summed E-state index contributed by atoms with van der Waals surface area (Å²) in [5.74, 6) is 0. The fraction of sp³-hybridized carbons (Fsp3) is 1.00. The van der Waals surface area contributed by atoms with Crippen molar-refractivity contribution in [3.05, 3.63) is 0 Å². The fourth-order valence-corrected chi connectivity index (χ4v) is 1.13. The molecule has 0 aromatic heterocycles. The Morgan fingerprint density at radius 1 is 1.40 bits per heavy atom. The van der Waals surface area contributed by atoms with Gasteiger partial charge in [-0.25, -0.2) is 0 Å². The maximum Gasteiger partial charge on any atom is 0.110 e. The number of hydrogen-bond donors (Lipinski definition) is 3. The third-order valence-corrected chi connectivity index (χ3v) is 1.83. The van der Waals surface area contributed by atoms with Crippen LogP contribution >= 0.6 is 0 Å². The van der Waals surface area contributed by atoms with Crippen molar-refractivity contribution in [3.8, 4) is 0 Å². The molecular formula is C6H13NO3. The monoisotopic (exact) mass is 147 g/mol. The quantitative estimate of drug-likeness (QED) is 0.420. The molecule has 1 aliphatic heterocycles. The van der Waals surface area contributed by atoms with Crippen molar-refractivity contribution in [3.63, 3.8) is 0 Å². The predicted molar refractivity (Wildman–Crippen MR) is 35.4 cm³/mol. The average Bonchev–Trinajstić information content (AvgIpc) is 2.17. The maximum atomic E-state index is 9.17. The largest absolute Gasteiger partial charge is 0.388 e. The molecule has 0 saturated carbocycles. The first-order valence-corrected chi connectivity index (χ1v) is 3.38. The molecule has 1 unspecified atom stereocenters. The molecule has 4 N–H and O–H groups in total. The van der Waals surface area contributed by atoms with Gasteiger partial charge in [0.05, 0.1) is 12.2 Å². The van der Waals surface area contributed by atoms with Crippen molar-refractivity contribution < 1.29 is 14.9 Å². The van der Waals surface area contributed by atoms with Crippen LogP contribution in [0.25, 0.3) is 0 Å². The molecule has 0 aromatic carbocycles. The Labute approximate surface area is 59.6 Å². The Balaban J connectivity index is 2.53. The van der Waals surface area contributed by atoms with Crippen molar-refractivity contribution in [2.24, 2.45) is 5.73 Å². The highest BCUT2D eigenvalue weighted by Gasteiger charge is 2.38. The zero-order valence-electron chi connectivity index (χ0n) is 5.90. The lowest BCUT2D eigenvalue weighted by molar-refractivity contribution is 0.0223. The van der Waals surface area contributed by atoms with E-state index in [1.807, 2.05) is 0 Å². The molecule has 0 aliphatic carbocycles. The van der Waals surface area contributed by atoms with Gasteiger partial charge >= 0.3 is 0 Å². The zero-order chi connectivity index (χ0) is 7.72. The minimum atomic E-state index is -0.819. The van der Waals surface area contributed by atoms with Gasteiger partial charge in [-0.15, -0.1) is 0 Å². The normalized spacial score (nSPS) is 48.0. The summed E-state index contributed by atoms with van der Waals surface area (Å²) in [6.07, 6.45) is -2.30. The summed E-state index contributed by atoms with van der Waals surface area (Å²) in [5.41, 5.74) is 5.25. The molecule has 4 heteroatoms. The van der Waals surface area contributed by atoms with E-state index in [-0.39, 0.29) is 12.6 Å². The van der Waals surface area contributed by atoms with E-state index < -0.39 is 18.3 Å². The van der Waals surface area contributed by atoms with Gasteiger partial charge in [-0.2, -0.15) is 0 Å². The van der Waals surface area contributed by atoms with Gasteiger partial charge in [0.15, 0.2) is 0 Å². The van der Waals surface area contributed by atoms with E-state index in [1.54, 1.807) is 6.92 Å². The van der Waals surface area contributed by atoms with E-state index in [4.69, 9.17) is 15.6 Å². The molecule has 0 radical (unpaired) electrons. The lowest BCUT2D eigenvalue weighted by atomic mass is 10.1. The van der Waals surface area contributed by atoms with Crippen LogP contribution in [0.2, 0.25) is 0 Å². The summed E-state index contributed by atoms with van der Waals surface area (Å²) >= 11 is 0. The van der Waals surface area contributed by atoms with Crippen molar-refractivity contribution in [2.75, 3.05) is 6.54 Å². The molecule has 0 amide bonds. The maximum absolute atomic E-state index is 9.17. The SMILES string of the molecule is C[C@@H]1O[C@H](CN)C(O)[C@@H]1O. The van der Waals surface area contributed by atoms with Gasteiger partial charge in [-0.3, -0.25) is 0 Å². The molecule has 1 saturated heterocycles. The molecule has 60 valence electrons.